The third-order valence-corrected chi connectivity index (χ3v) is 4.91. The van der Waals surface area contributed by atoms with Crippen LogP contribution in [-0.4, -0.2) is 38.2 Å². The molecule has 0 amide bonds. The number of hydrogen-bond acceptors (Lipinski definition) is 7. The van der Waals surface area contributed by atoms with Gasteiger partial charge in [-0.05, 0) is 44.4 Å². The molecule has 0 unspecified atom stereocenters. The Bertz CT molecular complexity index is 987. The van der Waals surface area contributed by atoms with Crippen LogP contribution in [0.2, 0.25) is 0 Å². The summed E-state index contributed by atoms with van der Waals surface area (Å²) in [7, 11) is 0. The predicted molar refractivity (Wildman–Crippen MR) is 112 cm³/mol. The van der Waals surface area contributed by atoms with Gasteiger partial charge in [-0.25, -0.2) is 15.0 Å². The summed E-state index contributed by atoms with van der Waals surface area (Å²) in [5.74, 6) is 2.10. The minimum absolute atomic E-state index is 0.0729. The summed E-state index contributed by atoms with van der Waals surface area (Å²) in [6.07, 6.45) is 9.85. The molecule has 2 atom stereocenters. The standard InChI is InChI=1S/C21H24N6O2/c1-2-29-18-13-23-21(24-14-18)26-16-7-6-15(11-16)25-19-9-8-17(12-22-19)27-10-4-3-5-20(27)28/h3-5,8-10,12-16H,2,6-7,11H2,1H3,(H,22,25)(H,23,24,26)/t15-,16-/m0/s1. The molecule has 3 heterocycles. The molecule has 4 rings (SSSR count). The minimum atomic E-state index is -0.0729. The van der Waals surface area contributed by atoms with Crippen molar-refractivity contribution in [1.82, 2.24) is 19.5 Å². The van der Waals surface area contributed by atoms with Crippen LogP contribution in [0.15, 0.2) is 59.9 Å². The maximum absolute atomic E-state index is 11.9. The van der Waals surface area contributed by atoms with E-state index in [1.54, 1.807) is 35.4 Å². The van der Waals surface area contributed by atoms with Crippen molar-refractivity contribution in [3.05, 3.63) is 65.5 Å². The summed E-state index contributed by atoms with van der Waals surface area (Å²) < 4.78 is 6.94. The van der Waals surface area contributed by atoms with Gasteiger partial charge in [0.15, 0.2) is 5.75 Å². The van der Waals surface area contributed by atoms with E-state index >= 15 is 0 Å². The molecule has 1 aliphatic carbocycles. The van der Waals surface area contributed by atoms with Crippen molar-refractivity contribution in [1.29, 1.82) is 0 Å². The van der Waals surface area contributed by atoms with E-state index in [1.165, 1.54) is 6.07 Å². The number of nitrogens with one attached hydrogen (secondary N) is 2. The van der Waals surface area contributed by atoms with Crippen LogP contribution >= 0.6 is 0 Å². The second-order valence-corrected chi connectivity index (χ2v) is 6.98. The normalized spacial score (nSPS) is 18.4. The molecule has 1 saturated carbocycles. The Morgan fingerprint density at radius 2 is 1.83 bits per heavy atom. The van der Waals surface area contributed by atoms with Crippen molar-refractivity contribution in [2.24, 2.45) is 0 Å². The summed E-state index contributed by atoms with van der Waals surface area (Å²) in [6, 6.07) is 9.53. The highest BCUT2D eigenvalue weighted by atomic mass is 16.5. The summed E-state index contributed by atoms with van der Waals surface area (Å²) >= 11 is 0. The van der Waals surface area contributed by atoms with E-state index in [0.717, 1.165) is 30.8 Å². The van der Waals surface area contributed by atoms with Crippen molar-refractivity contribution < 1.29 is 4.74 Å². The van der Waals surface area contributed by atoms with Crippen molar-refractivity contribution in [3.8, 4) is 11.4 Å². The monoisotopic (exact) mass is 392 g/mol. The Morgan fingerprint density at radius 1 is 1.03 bits per heavy atom. The van der Waals surface area contributed by atoms with E-state index in [0.29, 0.717) is 30.4 Å². The molecule has 8 nitrogen and oxygen atoms in total. The Morgan fingerprint density at radius 3 is 2.52 bits per heavy atom. The van der Waals surface area contributed by atoms with Gasteiger partial charge in [0.25, 0.3) is 5.56 Å². The van der Waals surface area contributed by atoms with Gasteiger partial charge in [0.2, 0.25) is 5.95 Å². The maximum atomic E-state index is 11.9. The van der Waals surface area contributed by atoms with Gasteiger partial charge in [-0.1, -0.05) is 6.07 Å². The number of rotatable bonds is 7. The van der Waals surface area contributed by atoms with Crippen LogP contribution < -0.4 is 20.9 Å². The number of nitrogens with zero attached hydrogens (tertiary/aromatic N) is 4. The van der Waals surface area contributed by atoms with Crippen LogP contribution in [0.5, 0.6) is 5.75 Å². The zero-order valence-electron chi connectivity index (χ0n) is 16.3. The average Bonchev–Trinajstić information content (AvgIpc) is 3.17. The third kappa shape index (κ3) is 4.71. The molecule has 3 aromatic heterocycles. The lowest BCUT2D eigenvalue weighted by atomic mass is 10.2. The number of pyridine rings is 2. The second-order valence-electron chi connectivity index (χ2n) is 6.98. The quantitative estimate of drug-likeness (QED) is 0.638. The Balaban J connectivity index is 1.32. The fourth-order valence-corrected chi connectivity index (χ4v) is 3.52. The Labute approximate surface area is 169 Å². The van der Waals surface area contributed by atoms with E-state index in [9.17, 15) is 4.79 Å². The van der Waals surface area contributed by atoms with Gasteiger partial charge in [0.1, 0.15) is 5.82 Å². The van der Waals surface area contributed by atoms with Crippen LogP contribution in [0.4, 0.5) is 11.8 Å². The zero-order valence-corrected chi connectivity index (χ0v) is 16.3. The van der Waals surface area contributed by atoms with Gasteiger partial charge < -0.3 is 15.4 Å². The van der Waals surface area contributed by atoms with Crippen molar-refractivity contribution in [3.63, 3.8) is 0 Å². The molecular weight excluding hydrogens is 368 g/mol. The van der Waals surface area contributed by atoms with Crippen LogP contribution in [-0.2, 0) is 0 Å². The molecule has 1 fully saturated rings. The van der Waals surface area contributed by atoms with E-state index in [2.05, 4.69) is 25.6 Å². The second kappa shape index (κ2) is 8.72. The Hall–Kier alpha value is -3.42. The average molecular weight is 392 g/mol. The lowest BCUT2D eigenvalue weighted by molar-refractivity contribution is 0.337. The molecule has 2 N–H and O–H groups in total. The van der Waals surface area contributed by atoms with Gasteiger partial charge >= 0.3 is 0 Å². The van der Waals surface area contributed by atoms with Crippen LogP contribution in [0.3, 0.4) is 0 Å². The van der Waals surface area contributed by atoms with Crippen molar-refractivity contribution in [2.75, 3.05) is 17.2 Å². The molecular formula is C21H24N6O2. The smallest absolute Gasteiger partial charge is 0.255 e. The first-order chi connectivity index (χ1) is 14.2. The third-order valence-electron chi connectivity index (χ3n) is 4.91. The molecule has 29 heavy (non-hydrogen) atoms. The Kier molecular flexibility index (Phi) is 5.69. The first-order valence-electron chi connectivity index (χ1n) is 9.83. The zero-order chi connectivity index (χ0) is 20.1. The first-order valence-corrected chi connectivity index (χ1v) is 9.83. The summed E-state index contributed by atoms with van der Waals surface area (Å²) in [5, 5.41) is 6.86. The molecule has 1 aliphatic rings. The van der Waals surface area contributed by atoms with Gasteiger partial charge in [-0.15, -0.1) is 0 Å². The van der Waals surface area contributed by atoms with Gasteiger partial charge in [-0.3, -0.25) is 9.36 Å². The van der Waals surface area contributed by atoms with Crippen LogP contribution in [0.25, 0.3) is 5.69 Å². The SMILES string of the molecule is CCOc1cnc(N[C@H]2CC[C@H](Nc3ccc(-n4ccccc4=O)cn3)C2)nc1. The molecule has 0 saturated heterocycles. The largest absolute Gasteiger partial charge is 0.491 e. The minimum Gasteiger partial charge on any atom is -0.491 e. The van der Waals surface area contributed by atoms with Gasteiger partial charge in [-0.2, -0.15) is 0 Å². The summed E-state index contributed by atoms with van der Waals surface area (Å²) in [6.45, 7) is 2.53. The van der Waals surface area contributed by atoms with Gasteiger partial charge in [0.05, 0.1) is 30.9 Å². The van der Waals surface area contributed by atoms with E-state index in [-0.39, 0.29) is 5.56 Å². The lowest BCUT2D eigenvalue weighted by Gasteiger charge is -2.15. The molecule has 0 aliphatic heterocycles. The fourth-order valence-electron chi connectivity index (χ4n) is 3.52. The number of anilines is 2. The molecule has 3 aromatic rings. The lowest BCUT2D eigenvalue weighted by Crippen LogP contribution is -2.22. The van der Waals surface area contributed by atoms with E-state index in [4.69, 9.17) is 4.74 Å². The van der Waals surface area contributed by atoms with Crippen LogP contribution in [0, 0.1) is 0 Å². The molecule has 150 valence electrons. The molecule has 0 spiro atoms. The van der Waals surface area contributed by atoms with Crippen LogP contribution in [0.1, 0.15) is 26.2 Å². The molecule has 8 heteroatoms. The van der Waals surface area contributed by atoms with Crippen molar-refractivity contribution >= 4 is 11.8 Å². The highest BCUT2D eigenvalue weighted by molar-refractivity contribution is 5.42. The van der Waals surface area contributed by atoms with Gasteiger partial charge in [0, 0.05) is 24.3 Å². The number of hydrogen-bond donors (Lipinski definition) is 2. The molecule has 0 bridgehead atoms. The number of ether oxygens (including phenoxy) is 1. The predicted octanol–water partition coefficient (Wildman–Crippen LogP) is 2.87. The molecule has 0 radical (unpaired) electrons. The highest BCUT2D eigenvalue weighted by Crippen LogP contribution is 2.25. The first kappa shape index (κ1) is 18.9. The highest BCUT2D eigenvalue weighted by Gasteiger charge is 2.25. The fraction of sp³-hybridized carbons (Fsp3) is 0.333. The summed E-state index contributed by atoms with van der Waals surface area (Å²) in [5.41, 5.74) is 0.677. The maximum Gasteiger partial charge on any atom is 0.255 e. The topological polar surface area (TPSA) is 94.0 Å². The van der Waals surface area contributed by atoms with E-state index < -0.39 is 0 Å². The molecule has 0 aromatic carbocycles. The van der Waals surface area contributed by atoms with Crippen molar-refractivity contribution in [2.45, 2.75) is 38.3 Å². The summed E-state index contributed by atoms with van der Waals surface area (Å²) in [4.78, 5) is 25.0. The number of aromatic nitrogens is 4. The van der Waals surface area contributed by atoms with E-state index in [1.807, 2.05) is 25.1 Å².